The van der Waals surface area contributed by atoms with Crippen molar-refractivity contribution in [3.8, 4) is 5.75 Å². The van der Waals surface area contributed by atoms with Gasteiger partial charge in [-0.3, -0.25) is 4.79 Å². The molecule has 0 atom stereocenters. The van der Waals surface area contributed by atoms with Crippen molar-refractivity contribution >= 4 is 23.4 Å². The zero-order valence-electron chi connectivity index (χ0n) is 17.9. The summed E-state index contributed by atoms with van der Waals surface area (Å²) in [6.45, 7) is 9.23. The Kier molecular flexibility index (Phi) is 7.52. The number of carbonyl (C=O) groups excluding carboxylic acids is 1. The van der Waals surface area contributed by atoms with E-state index < -0.39 is 0 Å². The second kappa shape index (κ2) is 10.3. The summed E-state index contributed by atoms with van der Waals surface area (Å²) in [6, 6.07) is 14.1. The van der Waals surface area contributed by atoms with E-state index >= 15 is 0 Å². The molecule has 0 unspecified atom stereocenters. The van der Waals surface area contributed by atoms with Crippen molar-refractivity contribution in [2.45, 2.75) is 52.4 Å². The number of benzene rings is 2. The number of hydrogen-bond donors (Lipinski definition) is 1. The summed E-state index contributed by atoms with van der Waals surface area (Å²) in [6.07, 6.45) is 1.00. The lowest BCUT2D eigenvalue weighted by atomic mass is 10.1. The molecule has 0 aliphatic heterocycles. The van der Waals surface area contributed by atoms with Crippen LogP contribution >= 0.6 is 11.8 Å². The number of aromatic nitrogens is 3. The minimum absolute atomic E-state index is 0.0635. The molecule has 3 rings (SSSR count). The lowest BCUT2D eigenvalue weighted by molar-refractivity contribution is -0.113. The van der Waals surface area contributed by atoms with Crippen molar-refractivity contribution in [1.82, 2.24) is 14.8 Å². The third kappa shape index (κ3) is 5.63. The third-order valence-electron chi connectivity index (χ3n) is 4.80. The van der Waals surface area contributed by atoms with Crippen molar-refractivity contribution in [3.63, 3.8) is 0 Å². The SMILES string of the molecule is CCc1ccc(OCc2nnc(SCC(=O)Nc3ccc(C)cc3C)n2CC)cc1. The van der Waals surface area contributed by atoms with Crippen LogP contribution in [0.2, 0.25) is 0 Å². The smallest absolute Gasteiger partial charge is 0.234 e. The summed E-state index contributed by atoms with van der Waals surface area (Å²) in [5, 5.41) is 12.2. The van der Waals surface area contributed by atoms with Gasteiger partial charge in [-0.1, -0.05) is 48.5 Å². The second-order valence-electron chi connectivity index (χ2n) is 7.08. The van der Waals surface area contributed by atoms with Crippen molar-refractivity contribution in [2.75, 3.05) is 11.1 Å². The van der Waals surface area contributed by atoms with Crippen molar-refractivity contribution in [2.24, 2.45) is 0 Å². The van der Waals surface area contributed by atoms with Crippen LogP contribution in [0.3, 0.4) is 0 Å². The molecule has 0 bridgehead atoms. The largest absolute Gasteiger partial charge is 0.486 e. The van der Waals surface area contributed by atoms with Gasteiger partial charge in [0.15, 0.2) is 11.0 Å². The maximum atomic E-state index is 12.4. The van der Waals surface area contributed by atoms with Gasteiger partial charge >= 0.3 is 0 Å². The van der Waals surface area contributed by atoms with E-state index in [0.717, 1.165) is 29.2 Å². The normalized spacial score (nSPS) is 10.8. The quantitative estimate of drug-likeness (QED) is 0.500. The summed E-state index contributed by atoms with van der Waals surface area (Å²) >= 11 is 1.38. The topological polar surface area (TPSA) is 69.0 Å². The van der Waals surface area contributed by atoms with E-state index in [1.54, 1.807) is 0 Å². The van der Waals surface area contributed by atoms with E-state index in [1.165, 1.54) is 22.9 Å². The molecular weight excluding hydrogens is 396 g/mol. The van der Waals surface area contributed by atoms with E-state index in [-0.39, 0.29) is 11.7 Å². The van der Waals surface area contributed by atoms with E-state index in [1.807, 2.05) is 49.6 Å². The molecule has 0 saturated carbocycles. The van der Waals surface area contributed by atoms with Crippen LogP contribution in [-0.4, -0.2) is 26.4 Å². The Hall–Kier alpha value is -2.80. The van der Waals surface area contributed by atoms with Crippen LogP contribution in [0.5, 0.6) is 5.75 Å². The average molecular weight is 425 g/mol. The van der Waals surface area contributed by atoms with Crippen molar-refractivity contribution < 1.29 is 9.53 Å². The molecular formula is C23H28N4O2S. The molecule has 7 heteroatoms. The minimum atomic E-state index is -0.0635. The fourth-order valence-corrected chi connectivity index (χ4v) is 3.91. The molecule has 158 valence electrons. The van der Waals surface area contributed by atoms with Gasteiger partial charge in [0.2, 0.25) is 5.91 Å². The predicted octanol–water partition coefficient (Wildman–Crippen LogP) is 4.79. The number of anilines is 1. The standard InChI is InChI=1S/C23H28N4O2S/c1-5-18-8-10-19(11-9-18)29-14-21-25-26-23(27(21)6-2)30-15-22(28)24-20-12-7-16(3)13-17(20)4/h7-13H,5-6,14-15H2,1-4H3,(H,24,28). The van der Waals surface area contributed by atoms with Crippen LogP contribution < -0.4 is 10.1 Å². The van der Waals surface area contributed by atoms with E-state index in [0.29, 0.717) is 18.3 Å². The van der Waals surface area contributed by atoms with Crippen LogP contribution in [0.15, 0.2) is 47.6 Å². The lowest BCUT2D eigenvalue weighted by Gasteiger charge is -2.10. The first-order valence-electron chi connectivity index (χ1n) is 10.1. The molecule has 0 fully saturated rings. The fraction of sp³-hybridized carbons (Fsp3) is 0.348. The number of nitrogens with zero attached hydrogens (tertiary/aromatic N) is 3. The molecule has 6 nitrogen and oxygen atoms in total. The Bertz CT molecular complexity index is 999. The molecule has 1 aromatic heterocycles. The molecule has 0 radical (unpaired) electrons. The van der Waals surface area contributed by atoms with Gasteiger partial charge in [0, 0.05) is 12.2 Å². The minimum Gasteiger partial charge on any atom is -0.486 e. The maximum Gasteiger partial charge on any atom is 0.234 e. The van der Waals surface area contributed by atoms with Gasteiger partial charge in [-0.15, -0.1) is 10.2 Å². The number of rotatable bonds is 9. The highest BCUT2D eigenvalue weighted by Crippen LogP contribution is 2.21. The number of ether oxygens (including phenoxy) is 1. The molecule has 0 saturated heterocycles. The average Bonchev–Trinajstić information content (AvgIpc) is 3.15. The Labute approximate surface area is 182 Å². The van der Waals surface area contributed by atoms with Gasteiger partial charge in [-0.05, 0) is 56.5 Å². The molecule has 2 aromatic carbocycles. The highest BCUT2D eigenvalue weighted by molar-refractivity contribution is 7.99. The Morgan fingerprint density at radius 2 is 1.87 bits per heavy atom. The van der Waals surface area contributed by atoms with Gasteiger partial charge in [0.25, 0.3) is 0 Å². The van der Waals surface area contributed by atoms with E-state index in [2.05, 4.69) is 40.6 Å². The molecule has 0 spiro atoms. The molecule has 30 heavy (non-hydrogen) atoms. The number of hydrogen-bond acceptors (Lipinski definition) is 5. The Morgan fingerprint density at radius 1 is 1.10 bits per heavy atom. The number of amides is 1. The zero-order valence-corrected chi connectivity index (χ0v) is 18.8. The first kappa shape index (κ1) is 21.9. The Morgan fingerprint density at radius 3 is 2.53 bits per heavy atom. The van der Waals surface area contributed by atoms with Gasteiger partial charge in [0.05, 0.1) is 5.75 Å². The number of aryl methyl sites for hydroxylation is 3. The first-order chi connectivity index (χ1) is 14.5. The Balaban J connectivity index is 1.57. The molecule has 3 aromatic rings. The highest BCUT2D eigenvalue weighted by Gasteiger charge is 2.14. The van der Waals surface area contributed by atoms with Crippen molar-refractivity contribution in [1.29, 1.82) is 0 Å². The van der Waals surface area contributed by atoms with Crippen LogP contribution in [0.1, 0.15) is 36.4 Å². The van der Waals surface area contributed by atoms with E-state index in [9.17, 15) is 4.79 Å². The fourth-order valence-electron chi connectivity index (χ4n) is 3.09. The van der Waals surface area contributed by atoms with Crippen LogP contribution in [-0.2, 0) is 24.4 Å². The number of carbonyl (C=O) groups is 1. The van der Waals surface area contributed by atoms with Gasteiger partial charge < -0.3 is 14.6 Å². The summed E-state index contributed by atoms with van der Waals surface area (Å²) in [7, 11) is 0. The first-order valence-corrected chi connectivity index (χ1v) is 11.1. The van der Waals surface area contributed by atoms with E-state index in [4.69, 9.17) is 4.74 Å². The summed E-state index contributed by atoms with van der Waals surface area (Å²) in [5.41, 5.74) is 4.34. The molecule has 1 heterocycles. The summed E-state index contributed by atoms with van der Waals surface area (Å²) in [5.74, 6) is 1.76. The van der Waals surface area contributed by atoms with Gasteiger partial charge in [0.1, 0.15) is 12.4 Å². The molecule has 1 N–H and O–H groups in total. The number of nitrogens with one attached hydrogen (secondary N) is 1. The summed E-state index contributed by atoms with van der Waals surface area (Å²) in [4.78, 5) is 12.4. The van der Waals surface area contributed by atoms with Crippen LogP contribution in [0.4, 0.5) is 5.69 Å². The monoisotopic (exact) mass is 424 g/mol. The zero-order chi connectivity index (χ0) is 21.5. The second-order valence-corrected chi connectivity index (χ2v) is 8.03. The molecule has 0 aliphatic rings. The maximum absolute atomic E-state index is 12.4. The van der Waals surface area contributed by atoms with Gasteiger partial charge in [-0.25, -0.2) is 0 Å². The van der Waals surface area contributed by atoms with Crippen LogP contribution in [0.25, 0.3) is 0 Å². The number of thioether (sulfide) groups is 1. The molecule has 0 aliphatic carbocycles. The summed E-state index contributed by atoms with van der Waals surface area (Å²) < 4.78 is 7.84. The lowest BCUT2D eigenvalue weighted by Crippen LogP contribution is -2.15. The van der Waals surface area contributed by atoms with Crippen molar-refractivity contribution in [3.05, 3.63) is 65.0 Å². The van der Waals surface area contributed by atoms with Gasteiger partial charge in [-0.2, -0.15) is 0 Å². The predicted molar refractivity (Wildman–Crippen MR) is 121 cm³/mol. The molecule has 1 amide bonds. The third-order valence-corrected chi connectivity index (χ3v) is 5.76. The highest BCUT2D eigenvalue weighted by atomic mass is 32.2. The van der Waals surface area contributed by atoms with Crippen LogP contribution in [0, 0.1) is 13.8 Å².